The molecule has 0 bridgehead atoms. The number of hydrogen-bond donors (Lipinski definition) is 1. The molecule has 0 amide bonds. The Hall–Kier alpha value is -0.250. The van der Waals surface area contributed by atoms with E-state index in [1.165, 1.54) is 6.42 Å². The molecule has 1 atom stereocenters. The van der Waals surface area contributed by atoms with Crippen LogP contribution in [0.15, 0.2) is 0 Å². The summed E-state index contributed by atoms with van der Waals surface area (Å²) in [6, 6.07) is 0.424. The topological polar surface area (TPSA) is 12.0 Å². The molecule has 4 heteroatoms. The van der Waals surface area contributed by atoms with Crippen molar-refractivity contribution in [1.82, 2.24) is 5.32 Å². The maximum Gasteiger partial charge on any atom is 0.389 e. The SMILES string of the molecule is CC1(C)CCC(NCCCC(F)(F)F)C1. The molecular weight excluding hydrogens is 203 g/mol. The molecule has 1 unspecified atom stereocenters. The van der Waals surface area contributed by atoms with Gasteiger partial charge < -0.3 is 5.32 Å². The van der Waals surface area contributed by atoms with Gasteiger partial charge in [-0.15, -0.1) is 0 Å². The first-order chi connectivity index (χ1) is 6.79. The van der Waals surface area contributed by atoms with E-state index in [0.717, 1.165) is 12.8 Å². The van der Waals surface area contributed by atoms with E-state index in [1.807, 2.05) is 0 Å². The van der Waals surface area contributed by atoms with E-state index in [1.54, 1.807) is 0 Å². The van der Waals surface area contributed by atoms with Crippen LogP contribution in [0.4, 0.5) is 13.2 Å². The summed E-state index contributed by atoms with van der Waals surface area (Å²) in [5.74, 6) is 0. The normalized spacial score (nSPS) is 25.8. The van der Waals surface area contributed by atoms with Crippen LogP contribution >= 0.6 is 0 Å². The van der Waals surface area contributed by atoms with Crippen molar-refractivity contribution < 1.29 is 13.2 Å². The number of alkyl halides is 3. The van der Waals surface area contributed by atoms with Crippen LogP contribution in [0.5, 0.6) is 0 Å². The summed E-state index contributed by atoms with van der Waals surface area (Å²) in [5, 5.41) is 3.21. The van der Waals surface area contributed by atoms with Crippen LogP contribution in [-0.2, 0) is 0 Å². The fraction of sp³-hybridized carbons (Fsp3) is 1.00. The minimum atomic E-state index is -4.00. The molecule has 0 heterocycles. The zero-order valence-electron chi connectivity index (χ0n) is 9.45. The van der Waals surface area contributed by atoms with Crippen molar-refractivity contribution in [1.29, 1.82) is 0 Å². The van der Waals surface area contributed by atoms with Crippen molar-refractivity contribution in [2.45, 2.75) is 58.2 Å². The Kier molecular flexibility index (Phi) is 4.04. The summed E-state index contributed by atoms with van der Waals surface area (Å²) >= 11 is 0. The molecule has 1 N–H and O–H groups in total. The Bertz CT molecular complexity index is 198. The molecule has 90 valence electrons. The van der Waals surface area contributed by atoms with Gasteiger partial charge in [-0.2, -0.15) is 13.2 Å². The first-order valence-corrected chi connectivity index (χ1v) is 5.59. The van der Waals surface area contributed by atoms with E-state index in [-0.39, 0.29) is 6.42 Å². The molecule has 0 aromatic carbocycles. The van der Waals surface area contributed by atoms with E-state index in [4.69, 9.17) is 0 Å². The second kappa shape index (κ2) is 4.73. The molecule has 15 heavy (non-hydrogen) atoms. The summed E-state index contributed by atoms with van der Waals surface area (Å²) < 4.78 is 35.6. The first-order valence-electron chi connectivity index (χ1n) is 5.59. The fourth-order valence-corrected chi connectivity index (χ4v) is 2.21. The molecule has 0 spiro atoms. The third kappa shape index (κ3) is 5.40. The van der Waals surface area contributed by atoms with E-state index in [9.17, 15) is 13.2 Å². The molecule has 1 rings (SSSR count). The molecule has 1 aliphatic rings. The van der Waals surface area contributed by atoms with E-state index in [2.05, 4.69) is 19.2 Å². The zero-order chi connectivity index (χ0) is 11.5. The molecule has 1 saturated carbocycles. The van der Waals surface area contributed by atoms with Crippen molar-refractivity contribution in [2.75, 3.05) is 6.54 Å². The molecule has 0 radical (unpaired) electrons. The molecule has 1 fully saturated rings. The summed E-state index contributed by atoms with van der Waals surface area (Å²) in [7, 11) is 0. The van der Waals surface area contributed by atoms with E-state index in [0.29, 0.717) is 18.0 Å². The van der Waals surface area contributed by atoms with E-state index < -0.39 is 12.6 Å². The summed E-state index contributed by atoms with van der Waals surface area (Å²) in [6.45, 7) is 4.91. The molecule has 1 nitrogen and oxygen atoms in total. The van der Waals surface area contributed by atoms with E-state index >= 15 is 0 Å². The second-order valence-corrected chi connectivity index (χ2v) is 5.28. The Morgan fingerprint density at radius 1 is 1.33 bits per heavy atom. The van der Waals surface area contributed by atoms with Gasteiger partial charge in [-0.05, 0) is 37.6 Å². The maximum atomic E-state index is 11.9. The maximum absolute atomic E-state index is 11.9. The second-order valence-electron chi connectivity index (χ2n) is 5.28. The lowest BCUT2D eigenvalue weighted by Gasteiger charge is -2.18. The monoisotopic (exact) mass is 223 g/mol. The Morgan fingerprint density at radius 3 is 2.47 bits per heavy atom. The molecule has 0 aliphatic heterocycles. The fourth-order valence-electron chi connectivity index (χ4n) is 2.21. The minimum absolute atomic E-state index is 0.195. The van der Waals surface area contributed by atoms with Gasteiger partial charge >= 0.3 is 6.18 Å². The van der Waals surface area contributed by atoms with Gasteiger partial charge in [-0.25, -0.2) is 0 Å². The zero-order valence-corrected chi connectivity index (χ0v) is 9.45. The lowest BCUT2D eigenvalue weighted by atomic mass is 9.92. The van der Waals surface area contributed by atoms with Gasteiger partial charge in [0.1, 0.15) is 0 Å². The van der Waals surface area contributed by atoms with Crippen LogP contribution in [0.25, 0.3) is 0 Å². The largest absolute Gasteiger partial charge is 0.389 e. The molecular formula is C11H20F3N. The number of rotatable bonds is 4. The Labute approximate surface area is 89.4 Å². The van der Waals surface area contributed by atoms with Crippen LogP contribution in [-0.4, -0.2) is 18.8 Å². The quantitative estimate of drug-likeness (QED) is 0.719. The first kappa shape index (κ1) is 12.8. The summed E-state index contributed by atoms with van der Waals surface area (Å²) in [6.07, 6.45) is -1.13. The third-order valence-corrected chi connectivity index (χ3v) is 3.04. The average Bonchev–Trinajstić information content (AvgIpc) is 2.38. The number of nitrogens with one attached hydrogen (secondary N) is 1. The highest BCUT2D eigenvalue weighted by molar-refractivity contribution is 4.86. The standard InChI is InChI=1S/C11H20F3N/c1-10(2)6-4-9(8-10)15-7-3-5-11(12,13)14/h9,15H,3-8H2,1-2H3. The van der Waals surface area contributed by atoms with Gasteiger partial charge in [0.2, 0.25) is 0 Å². The Morgan fingerprint density at radius 2 is 2.00 bits per heavy atom. The predicted molar refractivity (Wildman–Crippen MR) is 54.7 cm³/mol. The highest BCUT2D eigenvalue weighted by atomic mass is 19.4. The van der Waals surface area contributed by atoms with Gasteiger partial charge in [0.05, 0.1) is 0 Å². The van der Waals surface area contributed by atoms with Gasteiger partial charge in [0.25, 0.3) is 0 Å². The summed E-state index contributed by atoms with van der Waals surface area (Å²) in [5.41, 5.74) is 0.363. The van der Waals surface area contributed by atoms with Gasteiger partial charge in [0, 0.05) is 12.5 Å². The van der Waals surface area contributed by atoms with Crippen LogP contribution in [0.1, 0.15) is 46.0 Å². The lowest BCUT2D eigenvalue weighted by Crippen LogP contribution is -2.29. The van der Waals surface area contributed by atoms with Crippen LogP contribution in [0.3, 0.4) is 0 Å². The summed E-state index contributed by atoms with van der Waals surface area (Å²) in [4.78, 5) is 0. The average molecular weight is 223 g/mol. The molecule has 0 aromatic heterocycles. The minimum Gasteiger partial charge on any atom is -0.314 e. The number of halogens is 3. The van der Waals surface area contributed by atoms with Gasteiger partial charge in [-0.1, -0.05) is 13.8 Å². The van der Waals surface area contributed by atoms with Gasteiger partial charge in [-0.3, -0.25) is 0 Å². The third-order valence-electron chi connectivity index (χ3n) is 3.04. The van der Waals surface area contributed by atoms with Crippen LogP contribution in [0, 0.1) is 5.41 Å². The van der Waals surface area contributed by atoms with Crippen LogP contribution in [0.2, 0.25) is 0 Å². The highest BCUT2D eigenvalue weighted by Gasteiger charge is 2.31. The van der Waals surface area contributed by atoms with Crippen LogP contribution < -0.4 is 5.32 Å². The van der Waals surface area contributed by atoms with Gasteiger partial charge in [0.15, 0.2) is 0 Å². The smallest absolute Gasteiger partial charge is 0.314 e. The predicted octanol–water partition coefficient (Wildman–Crippen LogP) is 3.50. The van der Waals surface area contributed by atoms with Crippen molar-refractivity contribution in [3.05, 3.63) is 0 Å². The molecule has 0 saturated heterocycles. The van der Waals surface area contributed by atoms with Crippen molar-refractivity contribution in [2.24, 2.45) is 5.41 Å². The van der Waals surface area contributed by atoms with Crippen molar-refractivity contribution >= 4 is 0 Å². The number of hydrogen-bond acceptors (Lipinski definition) is 1. The highest BCUT2D eigenvalue weighted by Crippen LogP contribution is 2.36. The lowest BCUT2D eigenvalue weighted by molar-refractivity contribution is -0.135. The van der Waals surface area contributed by atoms with Crippen molar-refractivity contribution in [3.63, 3.8) is 0 Å². The Balaban J connectivity index is 2.07. The van der Waals surface area contributed by atoms with Crippen molar-refractivity contribution in [3.8, 4) is 0 Å². The molecule has 1 aliphatic carbocycles. The molecule has 0 aromatic rings.